The molecule has 5 heteroatoms. The molecule has 0 aromatic heterocycles. The van der Waals surface area contributed by atoms with Gasteiger partial charge in [0.1, 0.15) is 5.75 Å². The van der Waals surface area contributed by atoms with Crippen molar-refractivity contribution in [3.05, 3.63) is 52.6 Å². The molecule has 0 saturated heterocycles. The maximum absolute atomic E-state index is 11.4. The average Bonchev–Trinajstić information content (AvgIpc) is 2.68. The summed E-state index contributed by atoms with van der Waals surface area (Å²) in [6.45, 7) is 30.8. The average molecular weight is 559 g/mol. The van der Waals surface area contributed by atoms with E-state index in [9.17, 15) is 9.90 Å². The van der Waals surface area contributed by atoms with Crippen LogP contribution in [0.25, 0.3) is 0 Å². The number of hydrogen-bond acceptors (Lipinski definition) is 4. The van der Waals surface area contributed by atoms with Crippen LogP contribution in [0.3, 0.4) is 0 Å². The molecule has 0 aliphatic carbocycles. The van der Waals surface area contributed by atoms with Crippen LogP contribution in [0.4, 0.5) is 0 Å². The van der Waals surface area contributed by atoms with Crippen LogP contribution in [0.5, 0.6) is 5.75 Å². The van der Waals surface area contributed by atoms with Crippen molar-refractivity contribution in [1.82, 2.24) is 0 Å². The van der Waals surface area contributed by atoms with Gasteiger partial charge in [-0.2, -0.15) is 0 Å². The maximum atomic E-state index is 11.4. The first-order valence-electron chi connectivity index (χ1n) is 13.5. The van der Waals surface area contributed by atoms with Gasteiger partial charge in [0.05, 0.1) is 4.08 Å². The van der Waals surface area contributed by atoms with Crippen LogP contribution in [0.15, 0.2) is 40.1 Å². The predicted molar refractivity (Wildman–Crippen MR) is 167 cm³/mol. The number of benzene rings is 2. The van der Waals surface area contributed by atoms with Gasteiger partial charge in [0.25, 0.3) is 0 Å². The van der Waals surface area contributed by atoms with E-state index in [2.05, 4.69) is 127 Å². The highest BCUT2D eigenvalue weighted by Crippen LogP contribution is 2.50. The fourth-order valence-corrected chi connectivity index (χ4v) is 6.78. The number of thioether (sulfide) groups is 2. The van der Waals surface area contributed by atoms with Crippen LogP contribution in [0.1, 0.15) is 119 Å². The molecular formula is C33H50O3S2. The zero-order chi connectivity index (χ0) is 29.5. The van der Waals surface area contributed by atoms with Crippen molar-refractivity contribution in [3.8, 4) is 5.75 Å². The van der Waals surface area contributed by atoms with Gasteiger partial charge in [-0.15, -0.1) is 23.5 Å². The molecule has 0 fully saturated rings. The Hall–Kier alpha value is -1.59. The molecule has 0 radical (unpaired) electrons. The van der Waals surface area contributed by atoms with E-state index in [-0.39, 0.29) is 32.3 Å². The van der Waals surface area contributed by atoms with Crippen LogP contribution < -0.4 is 4.74 Å². The lowest BCUT2D eigenvalue weighted by Crippen LogP contribution is -2.22. The van der Waals surface area contributed by atoms with E-state index in [1.807, 2.05) is 23.5 Å². The highest BCUT2D eigenvalue weighted by Gasteiger charge is 2.31. The van der Waals surface area contributed by atoms with Gasteiger partial charge in [0, 0.05) is 20.9 Å². The number of hydrogen-bond donors (Lipinski definition) is 1. The van der Waals surface area contributed by atoms with E-state index in [0.29, 0.717) is 5.75 Å². The van der Waals surface area contributed by atoms with Crippen LogP contribution in [-0.4, -0.2) is 21.8 Å². The Balaban J connectivity index is 2.58. The van der Waals surface area contributed by atoms with Gasteiger partial charge in [-0.3, -0.25) is 0 Å². The van der Waals surface area contributed by atoms with Crippen molar-refractivity contribution in [1.29, 1.82) is 0 Å². The monoisotopic (exact) mass is 558 g/mol. The standard InChI is InChI=1S/C33H50O3S2/c1-29(2,3)21-15-22(30(4,5)6)17-23(16-21)37-33(13,14)38-24-18-25(31(7,8)9)28(36-20-27(34)35)26(19-24)32(10,11)12/h15-19H,20H2,1-14H3,(H,34,35). The zero-order valence-electron chi connectivity index (χ0n) is 26.2. The predicted octanol–water partition coefficient (Wildman–Crippen LogP) is 9.96. The number of carbonyl (C=O) groups is 1. The third-order valence-corrected chi connectivity index (χ3v) is 8.81. The molecule has 38 heavy (non-hydrogen) atoms. The summed E-state index contributed by atoms with van der Waals surface area (Å²) in [5.41, 5.74) is 4.54. The largest absolute Gasteiger partial charge is 0.481 e. The zero-order valence-corrected chi connectivity index (χ0v) is 27.8. The second-order valence-electron chi connectivity index (χ2n) is 14.9. The molecule has 2 aromatic rings. The lowest BCUT2D eigenvalue weighted by Gasteiger charge is -2.32. The van der Waals surface area contributed by atoms with Gasteiger partial charge in [0.2, 0.25) is 0 Å². The molecule has 3 nitrogen and oxygen atoms in total. The first kappa shape index (κ1) is 32.6. The van der Waals surface area contributed by atoms with Crippen LogP contribution in [0, 0.1) is 0 Å². The lowest BCUT2D eigenvalue weighted by molar-refractivity contribution is -0.139. The maximum Gasteiger partial charge on any atom is 0.341 e. The molecule has 0 bridgehead atoms. The van der Waals surface area contributed by atoms with Crippen molar-refractivity contribution in [2.45, 2.75) is 132 Å². The van der Waals surface area contributed by atoms with Gasteiger partial charge in [0.15, 0.2) is 6.61 Å². The Morgan fingerprint density at radius 1 is 0.632 bits per heavy atom. The molecule has 0 aliphatic rings. The van der Waals surface area contributed by atoms with Crippen molar-refractivity contribution in [3.63, 3.8) is 0 Å². The summed E-state index contributed by atoms with van der Waals surface area (Å²) >= 11 is 3.75. The molecular weight excluding hydrogens is 508 g/mol. The fourth-order valence-electron chi connectivity index (χ4n) is 4.18. The normalized spacial score (nSPS) is 13.5. The highest BCUT2D eigenvalue weighted by atomic mass is 32.2. The minimum atomic E-state index is -0.965. The van der Waals surface area contributed by atoms with Gasteiger partial charge in [-0.25, -0.2) is 4.79 Å². The lowest BCUT2D eigenvalue weighted by atomic mass is 9.79. The second-order valence-corrected chi connectivity index (χ2v) is 18.5. The van der Waals surface area contributed by atoms with Crippen molar-refractivity contribution in [2.24, 2.45) is 0 Å². The molecule has 1 N–H and O–H groups in total. The number of aliphatic carboxylic acids is 1. The van der Waals surface area contributed by atoms with Gasteiger partial charge in [-0.1, -0.05) is 89.2 Å². The summed E-state index contributed by atoms with van der Waals surface area (Å²) in [6.07, 6.45) is 0. The summed E-state index contributed by atoms with van der Waals surface area (Å²) in [7, 11) is 0. The van der Waals surface area contributed by atoms with Crippen molar-refractivity contribution in [2.75, 3.05) is 6.61 Å². The molecule has 212 valence electrons. The van der Waals surface area contributed by atoms with Gasteiger partial charge < -0.3 is 9.84 Å². The number of rotatable bonds is 7. The van der Waals surface area contributed by atoms with Crippen molar-refractivity contribution >= 4 is 29.5 Å². The summed E-state index contributed by atoms with van der Waals surface area (Å²) in [5.74, 6) is -0.261. The van der Waals surface area contributed by atoms with Crippen LogP contribution in [-0.2, 0) is 26.5 Å². The Kier molecular flexibility index (Phi) is 9.54. The molecule has 0 heterocycles. The number of carboxylic acids is 1. The minimum absolute atomic E-state index is 0.0723. The molecule has 0 saturated carbocycles. The second kappa shape index (κ2) is 11.1. The quantitative estimate of drug-likeness (QED) is 0.271. The molecule has 0 aliphatic heterocycles. The molecule has 2 aromatic carbocycles. The highest BCUT2D eigenvalue weighted by molar-refractivity contribution is 8.18. The molecule has 2 rings (SSSR count). The topological polar surface area (TPSA) is 46.5 Å². The van der Waals surface area contributed by atoms with E-state index < -0.39 is 5.97 Å². The third-order valence-electron chi connectivity index (χ3n) is 6.38. The van der Waals surface area contributed by atoms with Gasteiger partial charge >= 0.3 is 5.97 Å². The van der Waals surface area contributed by atoms with Crippen molar-refractivity contribution < 1.29 is 14.6 Å². The Morgan fingerprint density at radius 3 is 1.32 bits per heavy atom. The molecule has 0 unspecified atom stereocenters. The van der Waals surface area contributed by atoms with E-state index in [1.54, 1.807) is 0 Å². The summed E-state index contributed by atoms with van der Waals surface area (Å²) in [4.78, 5) is 13.8. The first-order valence-corrected chi connectivity index (χ1v) is 15.1. The SMILES string of the molecule is CC(C)(Sc1cc(C(C)(C)C)cc(C(C)(C)C)c1)Sc1cc(C(C)(C)C)c(OCC(=O)O)c(C(C)(C)C)c1. The van der Waals surface area contributed by atoms with Crippen LogP contribution in [0.2, 0.25) is 0 Å². The number of ether oxygens (including phenoxy) is 1. The Bertz CT molecular complexity index is 1080. The van der Waals surface area contributed by atoms with Gasteiger partial charge in [-0.05, 0) is 70.9 Å². The van der Waals surface area contributed by atoms with E-state index >= 15 is 0 Å². The van der Waals surface area contributed by atoms with E-state index in [4.69, 9.17) is 4.74 Å². The molecule has 0 atom stereocenters. The molecule has 0 amide bonds. The third kappa shape index (κ3) is 8.98. The number of carboxylic acid groups (broad SMARTS) is 1. The van der Waals surface area contributed by atoms with Crippen LogP contribution >= 0.6 is 23.5 Å². The van der Waals surface area contributed by atoms with E-state index in [0.717, 1.165) is 11.1 Å². The smallest absolute Gasteiger partial charge is 0.341 e. The first-order chi connectivity index (χ1) is 16.9. The van der Waals surface area contributed by atoms with E-state index in [1.165, 1.54) is 20.9 Å². The Morgan fingerprint density at radius 2 is 1.00 bits per heavy atom. The minimum Gasteiger partial charge on any atom is -0.481 e. The molecule has 0 spiro atoms. The summed E-state index contributed by atoms with van der Waals surface area (Å²) in [5, 5.41) is 9.32. The summed E-state index contributed by atoms with van der Waals surface area (Å²) in [6, 6.07) is 11.5. The fraction of sp³-hybridized carbons (Fsp3) is 0.606. The Labute approximate surface area is 240 Å². The summed E-state index contributed by atoms with van der Waals surface area (Å²) < 4.78 is 5.80.